The number of thiazole rings is 1. The average molecular weight is 479 g/mol. The number of benzene rings is 2. The molecule has 1 aliphatic heterocycles. The van der Waals surface area contributed by atoms with E-state index in [1.54, 1.807) is 39.6 Å². The van der Waals surface area contributed by atoms with Crippen LogP contribution >= 0.6 is 11.3 Å². The number of rotatable bonds is 6. The fourth-order valence-electron chi connectivity index (χ4n) is 3.81. The Bertz CT molecular complexity index is 1410. The minimum absolute atomic E-state index is 0.220. The van der Waals surface area contributed by atoms with Crippen LogP contribution < -0.4 is 24.4 Å². The predicted octanol–water partition coefficient (Wildman–Crippen LogP) is 3.20. The van der Waals surface area contributed by atoms with Crippen LogP contribution in [0.5, 0.6) is 11.5 Å². The molecule has 176 valence electrons. The van der Waals surface area contributed by atoms with E-state index in [-0.39, 0.29) is 11.7 Å². The number of aromatic nitrogens is 1. The first-order valence-electron chi connectivity index (χ1n) is 10.8. The molecule has 0 amide bonds. The molecule has 0 aliphatic carbocycles. The van der Waals surface area contributed by atoms with Crippen molar-refractivity contribution < 1.29 is 19.0 Å². The van der Waals surface area contributed by atoms with E-state index in [1.165, 1.54) is 11.3 Å². The molecular formula is C26H26N2O5S. The lowest BCUT2D eigenvalue weighted by Gasteiger charge is -2.25. The average Bonchev–Trinajstić information content (AvgIpc) is 3.12. The SMILES string of the molecule is COc1ccc(/C=c2/sc3n(c2=O)C(c2ccc(OC)cc2)C(C(=O)OC(C)C)=C(C)N=3)cc1. The molecule has 2 aromatic carbocycles. The van der Waals surface area contributed by atoms with Crippen molar-refractivity contribution in [2.45, 2.75) is 32.9 Å². The highest BCUT2D eigenvalue weighted by atomic mass is 32.1. The molecule has 0 fully saturated rings. The maximum atomic E-state index is 13.6. The minimum Gasteiger partial charge on any atom is -0.497 e. The summed E-state index contributed by atoms with van der Waals surface area (Å²) in [6.45, 7) is 5.36. The summed E-state index contributed by atoms with van der Waals surface area (Å²) in [5, 5.41) is 0. The van der Waals surface area contributed by atoms with Gasteiger partial charge < -0.3 is 14.2 Å². The van der Waals surface area contributed by atoms with E-state index in [4.69, 9.17) is 14.2 Å². The van der Waals surface area contributed by atoms with Gasteiger partial charge in [-0.2, -0.15) is 0 Å². The van der Waals surface area contributed by atoms with Gasteiger partial charge in [-0.3, -0.25) is 9.36 Å². The van der Waals surface area contributed by atoms with Crippen molar-refractivity contribution >= 4 is 23.4 Å². The van der Waals surface area contributed by atoms with Crippen molar-refractivity contribution in [3.8, 4) is 11.5 Å². The Kier molecular flexibility index (Phi) is 6.70. The minimum atomic E-state index is -0.661. The number of carbonyl (C=O) groups is 1. The van der Waals surface area contributed by atoms with E-state index < -0.39 is 12.0 Å². The predicted molar refractivity (Wildman–Crippen MR) is 131 cm³/mol. The second-order valence-electron chi connectivity index (χ2n) is 8.08. The van der Waals surface area contributed by atoms with E-state index >= 15 is 0 Å². The Hall–Kier alpha value is -3.65. The summed E-state index contributed by atoms with van der Waals surface area (Å²) in [6, 6.07) is 14.1. The Morgan fingerprint density at radius 3 is 2.18 bits per heavy atom. The number of esters is 1. The normalized spacial score (nSPS) is 15.7. The third-order valence-electron chi connectivity index (χ3n) is 5.43. The van der Waals surface area contributed by atoms with Crippen molar-refractivity contribution in [3.05, 3.63) is 90.6 Å². The zero-order valence-electron chi connectivity index (χ0n) is 19.7. The second-order valence-corrected chi connectivity index (χ2v) is 9.09. The molecule has 4 rings (SSSR count). The molecule has 1 aromatic heterocycles. The summed E-state index contributed by atoms with van der Waals surface area (Å²) in [7, 11) is 3.20. The molecule has 0 N–H and O–H groups in total. The summed E-state index contributed by atoms with van der Waals surface area (Å²) in [4.78, 5) is 31.9. The van der Waals surface area contributed by atoms with Gasteiger partial charge in [0.05, 0.1) is 42.2 Å². The summed E-state index contributed by atoms with van der Waals surface area (Å²) in [5.74, 6) is 0.936. The van der Waals surface area contributed by atoms with Crippen LogP contribution in [0.3, 0.4) is 0 Å². The van der Waals surface area contributed by atoms with Crippen molar-refractivity contribution in [3.63, 3.8) is 0 Å². The second kappa shape index (κ2) is 9.69. The fourth-order valence-corrected chi connectivity index (χ4v) is 4.86. The molecule has 1 atom stereocenters. The molecule has 1 aliphatic rings. The smallest absolute Gasteiger partial charge is 0.338 e. The van der Waals surface area contributed by atoms with Gasteiger partial charge in [-0.05, 0) is 62.2 Å². The van der Waals surface area contributed by atoms with Crippen molar-refractivity contribution in [2.75, 3.05) is 14.2 Å². The van der Waals surface area contributed by atoms with Gasteiger partial charge in [0, 0.05) is 0 Å². The Balaban J connectivity index is 1.90. The number of hydrogen-bond donors (Lipinski definition) is 0. The highest BCUT2D eigenvalue weighted by Gasteiger charge is 2.33. The van der Waals surface area contributed by atoms with E-state index in [0.717, 1.165) is 16.9 Å². The van der Waals surface area contributed by atoms with Gasteiger partial charge in [0.2, 0.25) is 0 Å². The van der Waals surface area contributed by atoms with Gasteiger partial charge in [0.1, 0.15) is 11.5 Å². The maximum absolute atomic E-state index is 13.6. The molecule has 3 aromatic rings. The summed E-state index contributed by atoms with van der Waals surface area (Å²) in [5.41, 5.74) is 2.29. The fraction of sp³-hybridized carbons (Fsp3) is 0.269. The molecule has 8 heteroatoms. The number of carbonyl (C=O) groups excluding carboxylic acids is 1. The van der Waals surface area contributed by atoms with Gasteiger partial charge in [0.15, 0.2) is 4.80 Å². The van der Waals surface area contributed by atoms with Gasteiger partial charge >= 0.3 is 5.97 Å². The zero-order chi connectivity index (χ0) is 24.4. The molecule has 0 saturated heterocycles. The van der Waals surface area contributed by atoms with Crippen LogP contribution in [0.1, 0.15) is 37.9 Å². The lowest BCUT2D eigenvalue weighted by atomic mass is 9.96. The molecule has 0 saturated carbocycles. The number of fused-ring (bicyclic) bond motifs is 1. The molecule has 0 radical (unpaired) electrons. The van der Waals surface area contributed by atoms with Crippen LogP contribution in [0.25, 0.3) is 6.08 Å². The van der Waals surface area contributed by atoms with Gasteiger partial charge in [0.25, 0.3) is 5.56 Å². The number of ether oxygens (including phenoxy) is 3. The molecule has 0 bridgehead atoms. The highest BCUT2D eigenvalue weighted by molar-refractivity contribution is 7.07. The Morgan fingerprint density at radius 2 is 1.62 bits per heavy atom. The molecular weight excluding hydrogens is 452 g/mol. The van der Waals surface area contributed by atoms with Crippen molar-refractivity contribution in [2.24, 2.45) is 4.99 Å². The number of methoxy groups -OCH3 is 2. The van der Waals surface area contributed by atoms with E-state index in [0.29, 0.717) is 26.4 Å². The topological polar surface area (TPSA) is 79.1 Å². The first kappa shape index (κ1) is 23.5. The quantitative estimate of drug-likeness (QED) is 0.509. The standard InChI is InChI=1S/C26H26N2O5S/c1-15(2)33-25(30)22-16(3)27-26-28(23(22)18-8-12-20(32-5)13-9-18)24(29)21(34-26)14-17-6-10-19(31-4)11-7-17/h6-15,23H,1-5H3/b21-14+. The molecule has 1 unspecified atom stereocenters. The van der Waals surface area contributed by atoms with Gasteiger partial charge in [-0.1, -0.05) is 35.6 Å². The zero-order valence-corrected chi connectivity index (χ0v) is 20.5. The van der Waals surface area contributed by atoms with Crippen LogP contribution in [0.2, 0.25) is 0 Å². The summed E-state index contributed by atoms with van der Waals surface area (Å²) < 4.78 is 18.1. The van der Waals surface area contributed by atoms with Crippen molar-refractivity contribution in [1.82, 2.24) is 4.57 Å². The Labute approximate surface area is 201 Å². The summed E-state index contributed by atoms with van der Waals surface area (Å²) in [6.07, 6.45) is 1.52. The number of allylic oxidation sites excluding steroid dienone is 1. The highest BCUT2D eigenvalue weighted by Crippen LogP contribution is 2.31. The van der Waals surface area contributed by atoms with Crippen LogP contribution in [-0.4, -0.2) is 30.9 Å². The van der Waals surface area contributed by atoms with E-state index in [1.807, 2.05) is 54.6 Å². The maximum Gasteiger partial charge on any atom is 0.338 e. The third-order valence-corrected chi connectivity index (χ3v) is 6.41. The van der Waals surface area contributed by atoms with Crippen LogP contribution in [0.4, 0.5) is 0 Å². The first-order valence-corrected chi connectivity index (χ1v) is 11.7. The van der Waals surface area contributed by atoms with Gasteiger partial charge in [-0.25, -0.2) is 9.79 Å². The first-order chi connectivity index (χ1) is 16.3. The van der Waals surface area contributed by atoms with Crippen LogP contribution in [0.15, 0.2) is 69.6 Å². The molecule has 0 spiro atoms. The van der Waals surface area contributed by atoms with Crippen LogP contribution in [0, 0.1) is 0 Å². The number of hydrogen-bond acceptors (Lipinski definition) is 7. The molecule has 34 heavy (non-hydrogen) atoms. The lowest BCUT2D eigenvalue weighted by molar-refractivity contribution is -0.143. The third kappa shape index (κ3) is 4.54. The van der Waals surface area contributed by atoms with E-state index in [2.05, 4.69) is 4.99 Å². The molecule has 7 nitrogen and oxygen atoms in total. The van der Waals surface area contributed by atoms with Crippen LogP contribution in [-0.2, 0) is 9.53 Å². The Morgan fingerprint density at radius 1 is 1.03 bits per heavy atom. The summed E-state index contributed by atoms with van der Waals surface area (Å²) >= 11 is 1.29. The van der Waals surface area contributed by atoms with E-state index in [9.17, 15) is 9.59 Å². The largest absolute Gasteiger partial charge is 0.497 e. The number of nitrogens with zero attached hydrogens (tertiary/aromatic N) is 2. The molecule has 2 heterocycles. The van der Waals surface area contributed by atoms with Gasteiger partial charge in [-0.15, -0.1) is 0 Å². The monoisotopic (exact) mass is 478 g/mol. The van der Waals surface area contributed by atoms with Crippen molar-refractivity contribution in [1.29, 1.82) is 0 Å². The lowest BCUT2D eigenvalue weighted by Crippen LogP contribution is -2.40.